The summed E-state index contributed by atoms with van der Waals surface area (Å²) in [6.07, 6.45) is 1.47. The molecule has 6 nitrogen and oxygen atoms in total. The van der Waals surface area contributed by atoms with Crippen LogP contribution in [0.3, 0.4) is 0 Å². The van der Waals surface area contributed by atoms with Gasteiger partial charge in [0.1, 0.15) is 0 Å². The average molecular weight is 383 g/mol. The molecule has 0 aliphatic heterocycles. The molecule has 29 heavy (non-hydrogen) atoms. The molecule has 0 aliphatic rings. The number of para-hydroxylation sites is 1. The number of nitrogens with one attached hydrogen (secondary N) is 1. The largest absolute Gasteiger partial charge is 0.478 e. The smallest absolute Gasteiger partial charge is 0.335 e. The SMILES string of the molecule is NC(=O)c1cnc2ccc(-c3ccc(C(=O)O)cc3)cc2c1Nc1ccccc1. The van der Waals surface area contributed by atoms with E-state index in [1.165, 1.54) is 6.20 Å². The van der Waals surface area contributed by atoms with Crippen molar-refractivity contribution < 1.29 is 14.7 Å². The highest BCUT2D eigenvalue weighted by Gasteiger charge is 2.15. The second-order valence-corrected chi connectivity index (χ2v) is 6.52. The van der Waals surface area contributed by atoms with Crippen molar-refractivity contribution in [2.24, 2.45) is 5.73 Å². The summed E-state index contributed by atoms with van der Waals surface area (Å²) in [6, 6.07) is 21.8. The Morgan fingerprint density at radius 2 is 1.59 bits per heavy atom. The molecular weight excluding hydrogens is 366 g/mol. The van der Waals surface area contributed by atoms with E-state index in [1.807, 2.05) is 48.5 Å². The molecule has 3 aromatic carbocycles. The molecule has 1 heterocycles. The van der Waals surface area contributed by atoms with Crippen molar-refractivity contribution in [3.8, 4) is 11.1 Å². The van der Waals surface area contributed by atoms with E-state index in [4.69, 9.17) is 10.8 Å². The molecule has 0 saturated heterocycles. The molecular formula is C23H17N3O3. The zero-order valence-electron chi connectivity index (χ0n) is 15.3. The van der Waals surface area contributed by atoms with Gasteiger partial charge in [0.15, 0.2) is 0 Å². The molecule has 6 heteroatoms. The van der Waals surface area contributed by atoms with Gasteiger partial charge in [-0.15, -0.1) is 0 Å². The third-order valence-electron chi connectivity index (χ3n) is 4.64. The van der Waals surface area contributed by atoms with Crippen LogP contribution in [0.1, 0.15) is 20.7 Å². The zero-order valence-corrected chi connectivity index (χ0v) is 15.3. The number of hydrogen-bond donors (Lipinski definition) is 3. The minimum absolute atomic E-state index is 0.221. The molecule has 1 amide bonds. The van der Waals surface area contributed by atoms with E-state index in [0.29, 0.717) is 16.8 Å². The Morgan fingerprint density at radius 3 is 2.24 bits per heavy atom. The van der Waals surface area contributed by atoms with Crippen molar-refractivity contribution in [3.63, 3.8) is 0 Å². The van der Waals surface area contributed by atoms with Gasteiger partial charge >= 0.3 is 5.97 Å². The van der Waals surface area contributed by atoms with Gasteiger partial charge in [0, 0.05) is 17.3 Å². The number of primary amides is 1. The first-order valence-electron chi connectivity index (χ1n) is 8.91. The van der Waals surface area contributed by atoms with Crippen molar-refractivity contribution in [2.45, 2.75) is 0 Å². The number of anilines is 2. The first-order valence-corrected chi connectivity index (χ1v) is 8.91. The van der Waals surface area contributed by atoms with E-state index in [2.05, 4.69) is 10.3 Å². The summed E-state index contributed by atoms with van der Waals surface area (Å²) < 4.78 is 0. The van der Waals surface area contributed by atoms with Crippen LogP contribution in [0.5, 0.6) is 0 Å². The number of nitrogens with two attached hydrogens (primary N) is 1. The van der Waals surface area contributed by atoms with Gasteiger partial charge in [-0.25, -0.2) is 4.79 Å². The van der Waals surface area contributed by atoms with E-state index < -0.39 is 11.9 Å². The Hall–Kier alpha value is -4.19. The van der Waals surface area contributed by atoms with Crippen LogP contribution in [0.25, 0.3) is 22.0 Å². The van der Waals surface area contributed by atoms with Crippen LogP contribution in [0.15, 0.2) is 79.0 Å². The highest BCUT2D eigenvalue weighted by molar-refractivity contribution is 6.08. The zero-order chi connectivity index (χ0) is 20.4. The Balaban J connectivity index is 1.86. The lowest BCUT2D eigenvalue weighted by Gasteiger charge is -2.14. The fourth-order valence-corrected chi connectivity index (χ4v) is 3.16. The summed E-state index contributed by atoms with van der Waals surface area (Å²) in [6.45, 7) is 0. The molecule has 0 fully saturated rings. The summed E-state index contributed by atoms with van der Waals surface area (Å²) in [4.78, 5) is 27.4. The molecule has 0 spiro atoms. The quantitative estimate of drug-likeness (QED) is 0.472. The van der Waals surface area contributed by atoms with Crippen LogP contribution in [0.2, 0.25) is 0 Å². The van der Waals surface area contributed by atoms with E-state index in [1.54, 1.807) is 24.3 Å². The number of carbonyl (C=O) groups excluding carboxylic acids is 1. The molecule has 4 N–H and O–H groups in total. The Morgan fingerprint density at radius 1 is 0.897 bits per heavy atom. The van der Waals surface area contributed by atoms with Crippen LogP contribution in [0, 0.1) is 0 Å². The number of carboxylic acid groups (broad SMARTS) is 1. The highest BCUT2D eigenvalue weighted by atomic mass is 16.4. The van der Waals surface area contributed by atoms with Crippen LogP contribution < -0.4 is 11.1 Å². The highest BCUT2D eigenvalue weighted by Crippen LogP contribution is 2.32. The monoisotopic (exact) mass is 383 g/mol. The maximum absolute atomic E-state index is 12.0. The van der Waals surface area contributed by atoms with Gasteiger partial charge in [0.2, 0.25) is 0 Å². The van der Waals surface area contributed by atoms with Crippen LogP contribution in [-0.4, -0.2) is 22.0 Å². The number of aromatic nitrogens is 1. The molecule has 4 aromatic rings. The number of hydrogen-bond acceptors (Lipinski definition) is 4. The van der Waals surface area contributed by atoms with Gasteiger partial charge in [-0.05, 0) is 47.5 Å². The van der Waals surface area contributed by atoms with Crippen molar-refractivity contribution in [1.82, 2.24) is 4.98 Å². The minimum Gasteiger partial charge on any atom is -0.478 e. The molecule has 0 atom stereocenters. The summed E-state index contributed by atoms with van der Waals surface area (Å²) in [7, 11) is 0. The fraction of sp³-hybridized carbons (Fsp3) is 0. The first-order chi connectivity index (χ1) is 14.0. The molecule has 0 saturated carbocycles. The summed E-state index contributed by atoms with van der Waals surface area (Å²) in [5.74, 6) is -1.55. The fourth-order valence-electron chi connectivity index (χ4n) is 3.16. The van der Waals surface area contributed by atoms with E-state index in [0.717, 1.165) is 22.2 Å². The Kier molecular flexibility index (Phi) is 4.66. The Labute approximate surface area is 166 Å². The summed E-state index contributed by atoms with van der Waals surface area (Å²) >= 11 is 0. The normalized spacial score (nSPS) is 10.6. The molecule has 0 bridgehead atoms. The number of carboxylic acids is 1. The molecule has 0 radical (unpaired) electrons. The van der Waals surface area contributed by atoms with Crippen LogP contribution in [-0.2, 0) is 0 Å². The first kappa shape index (κ1) is 18.2. The number of nitrogens with zero attached hydrogens (tertiary/aromatic N) is 1. The van der Waals surface area contributed by atoms with Crippen molar-refractivity contribution >= 4 is 34.2 Å². The van der Waals surface area contributed by atoms with Gasteiger partial charge < -0.3 is 16.2 Å². The van der Waals surface area contributed by atoms with Gasteiger partial charge in [-0.2, -0.15) is 0 Å². The lowest BCUT2D eigenvalue weighted by atomic mass is 10.00. The van der Waals surface area contributed by atoms with Crippen LogP contribution >= 0.6 is 0 Å². The number of amides is 1. The third-order valence-corrected chi connectivity index (χ3v) is 4.64. The number of carbonyl (C=O) groups is 2. The molecule has 0 unspecified atom stereocenters. The lowest BCUT2D eigenvalue weighted by Crippen LogP contribution is -2.14. The van der Waals surface area contributed by atoms with Gasteiger partial charge in [-0.1, -0.05) is 36.4 Å². The number of fused-ring (bicyclic) bond motifs is 1. The van der Waals surface area contributed by atoms with Gasteiger partial charge in [0.05, 0.1) is 22.3 Å². The van der Waals surface area contributed by atoms with Crippen LogP contribution in [0.4, 0.5) is 11.4 Å². The number of rotatable bonds is 5. The van der Waals surface area contributed by atoms with Gasteiger partial charge in [-0.3, -0.25) is 9.78 Å². The summed E-state index contributed by atoms with van der Waals surface area (Å²) in [5.41, 5.74) is 9.92. The number of aromatic carboxylic acids is 1. The van der Waals surface area contributed by atoms with E-state index in [-0.39, 0.29) is 5.56 Å². The number of benzene rings is 3. The third kappa shape index (κ3) is 3.64. The molecule has 4 rings (SSSR count). The molecule has 1 aromatic heterocycles. The van der Waals surface area contributed by atoms with E-state index in [9.17, 15) is 9.59 Å². The second kappa shape index (κ2) is 7.44. The standard InChI is InChI=1S/C23H17N3O3/c24-22(27)19-13-25-20-11-10-16(14-6-8-15(9-7-14)23(28)29)12-18(20)21(19)26-17-4-2-1-3-5-17/h1-13H,(H2,24,27)(H,25,26)(H,28,29). The van der Waals surface area contributed by atoms with Crippen molar-refractivity contribution in [1.29, 1.82) is 0 Å². The van der Waals surface area contributed by atoms with Crippen molar-refractivity contribution in [2.75, 3.05) is 5.32 Å². The predicted molar refractivity (Wildman–Crippen MR) is 112 cm³/mol. The Bertz CT molecular complexity index is 1220. The number of pyridine rings is 1. The van der Waals surface area contributed by atoms with Crippen molar-refractivity contribution in [3.05, 3.63) is 90.1 Å². The molecule has 0 aliphatic carbocycles. The molecule has 142 valence electrons. The average Bonchev–Trinajstić information content (AvgIpc) is 2.74. The maximum Gasteiger partial charge on any atom is 0.335 e. The lowest BCUT2D eigenvalue weighted by molar-refractivity contribution is 0.0696. The van der Waals surface area contributed by atoms with Gasteiger partial charge in [0.25, 0.3) is 5.91 Å². The predicted octanol–water partition coefficient (Wildman–Crippen LogP) is 4.44. The van der Waals surface area contributed by atoms with E-state index >= 15 is 0 Å². The summed E-state index contributed by atoms with van der Waals surface area (Å²) in [5, 5.41) is 13.1. The second-order valence-electron chi connectivity index (χ2n) is 6.52. The minimum atomic E-state index is -0.972. The maximum atomic E-state index is 12.0. The topological polar surface area (TPSA) is 105 Å².